The van der Waals surface area contributed by atoms with E-state index in [1.807, 2.05) is 11.8 Å². The van der Waals surface area contributed by atoms with Gasteiger partial charge in [-0.05, 0) is 12.8 Å². The van der Waals surface area contributed by atoms with E-state index in [1.54, 1.807) is 0 Å². The summed E-state index contributed by atoms with van der Waals surface area (Å²) in [6.45, 7) is 8.62. The molecule has 0 aromatic carbocycles. The lowest BCUT2D eigenvalue weighted by Crippen LogP contribution is -2.38. The molecule has 0 saturated heterocycles. The van der Waals surface area contributed by atoms with Crippen molar-refractivity contribution in [3.05, 3.63) is 0 Å². The second-order valence-corrected chi connectivity index (χ2v) is 9.52. The highest BCUT2D eigenvalue weighted by molar-refractivity contribution is 8.13. The van der Waals surface area contributed by atoms with Gasteiger partial charge in [0.15, 0.2) is 0 Å². The summed E-state index contributed by atoms with van der Waals surface area (Å²) < 4.78 is 12.5. The van der Waals surface area contributed by atoms with Gasteiger partial charge in [0.2, 0.25) is 0 Å². The molecule has 1 fully saturated rings. The average molecular weight is 248 g/mol. The molecule has 1 rings (SSSR count). The highest BCUT2D eigenvalue weighted by Gasteiger charge is 2.40. The van der Waals surface area contributed by atoms with Crippen molar-refractivity contribution in [2.75, 3.05) is 0 Å². The van der Waals surface area contributed by atoms with E-state index in [2.05, 4.69) is 27.7 Å². The minimum absolute atomic E-state index is 0.0700. The fraction of sp³-hybridized carbons (Fsp3) is 1.00. The quantitative estimate of drug-likeness (QED) is 0.749. The SMILES string of the molecule is CC(C)SC1(S(=O)C(C)C)CCCCC1. The van der Waals surface area contributed by atoms with Crippen molar-refractivity contribution in [1.29, 1.82) is 0 Å². The molecule has 1 unspecified atom stereocenters. The Bertz CT molecular complexity index is 218. The molecule has 90 valence electrons. The van der Waals surface area contributed by atoms with E-state index in [9.17, 15) is 4.21 Å². The molecule has 1 atom stereocenters. The first-order chi connectivity index (χ1) is 6.98. The normalized spacial score (nSPS) is 23.3. The van der Waals surface area contributed by atoms with E-state index < -0.39 is 10.8 Å². The summed E-state index contributed by atoms with van der Waals surface area (Å²) in [5.41, 5.74) is 0. The lowest BCUT2D eigenvalue weighted by molar-refractivity contribution is 0.476. The fourth-order valence-corrected chi connectivity index (χ4v) is 6.78. The molecule has 0 aromatic heterocycles. The van der Waals surface area contributed by atoms with Crippen LogP contribution in [-0.2, 0) is 10.8 Å². The lowest BCUT2D eigenvalue weighted by Gasteiger charge is -2.38. The second-order valence-electron chi connectivity index (χ2n) is 4.98. The van der Waals surface area contributed by atoms with Gasteiger partial charge in [0.1, 0.15) is 0 Å². The zero-order valence-corrected chi connectivity index (χ0v) is 12.0. The highest BCUT2D eigenvalue weighted by atomic mass is 32.2. The molecule has 0 aromatic rings. The zero-order valence-electron chi connectivity index (χ0n) is 10.4. The van der Waals surface area contributed by atoms with Gasteiger partial charge in [-0.15, -0.1) is 11.8 Å². The van der Waals surface area contributed by atoms with Gasteiger partial charge < -0.3 is 0 Å². The van der Waals surface area contributed by atoms with Crippen LogP contribution in [-0.4, -0.2) is 18.8 Å². The van der Waals surface area contributed by atoms with Crippen molar-refractivity contribution >= 4 is 22.6 Å². The van der Waals surface area contributed by atoms with Crippen LogP contribution in [0.5, 0.6) is 0 Å². The number of thioether (sulfide) groups is 1. The smallest absolute Gasteiger partial charge is 0.0913 e. The maximum absolute atomic E-state index is 12.4. The zero-order chi connectivity index (χ0) is 11.5. The van der Waals surface area contributed by atoms with Crippen LogP contribution in [0.1, 0.15) is 59.8 Å². The second kappa shape index (κ2) is 5.72. The topological polar surface area (TPSA) is 17.1 Å². The third-order valence-corrected chi connectivity index (χ3v) is 6.95. The first-order valence-electron chi connectivity index (χ1n) is 6.06. The Morgan fingerprint density at radius 3 is 2.00 bits per heavy atom. The minimum atomic E-state index is -0.674. The van der Waals surface area contributed by atoms with Crippen molar-refractivity contribution in [3.63, 3.8) is 0 Å². The number of rotatable bonds is 4. The Labute approximate surface area is 101 Å². The largest absolute Gasteiger partial charge is 0.258 e. The van der Waals surface area contributed by atoms with E-state index in [-0.39, 0.29) is 4.08 Å². The van der Waals surface area contributed by atoms with Gasteiger partial charge in [-0.3, -0.25) is 4.21 Å². The van der Waals surface area contributed by atoms with Crippen molar-refractivity contribution in [2.24, 2.45) is 0 Å². The van der Waals surface area contributed by atoms with E-state index >= 15 is 0 Å². The Hall–Kier alpha value is 0.500. The fourth-order valence-electron chi connectivity index (χ4n) is 2.32. The van der Waals surface area contributed by atoms with Gasteiger partial charge in [-0.1, -0.05) is 47.0 Å². The van der Waals surface area contributed by atoms with E-state index in [1.165, 1.54) is 19.3 Å². The van der Waals surface area contributed by atoms with Crippen LogP contribution in [0.3, 0.4) is 0 Å². The van der Waals surface area contributed by atoms with Gasteiger partial charge in [-0.2, -0.15) is 0 Å². The minimum Gasteiger partial charge on any atom is -0.258 e. The third-order valence-electron chi connectivity index (χ3n) is 2.86. The van der Waals surface area contributed by atoms with Crippen molar-refractivity contribution < 1.29 is 4.21 Å². The van der Waals surface area contributed by atoms with Crippen LogP contribution >= 0.6 is 11.8 Å². The van der Waals surface area contributed by atoms with Crippen LogP contribution in [0.4, 0.5) is 0 Å². The summed E-state index contributed by atoms with van der Waals surface area (Å²) in [5, 5.41) is 0.889. The van der Waals surface area contributed by atoms with Crippen LogP contribution in [0.25, 0.3) is 0 Å². The molecule has 0 aliphatic heterocycles. The molecular weight excluding hydrogens is 224 g/mol. The van der Waals surface area contributed by atoms with Gasteiger partial charge in [0.05, 0.1) is 4.08 Å². The van der Waals surface area contributed by atoms with E-state index in [4.69, 9.17) is 0 Å². The van der Waals surface area contributed by atoms with Gasteiger partial charge in [0.25, 0.3) is 0 Å². The van der Waals surface area contributed by atoms with E-state index in [0.717, 1.165) is 12.8 Å². The lowest BCUT2D eigenvalue weighted by atomic mass is 10.00. The predicted molar refractivity (Wildman–Crippen MR) is 71.8 cm³/mol. The van der Waals surface area contributed by atoms with Crippen LogP contribution < -0.4 is 0 Å². The maximum Gasteiger partial charge on any atom is 0.0913 e. The summed E-state index contributed by atoms with van der Waals surface area (Å²) in [6.07, 6.45) is 6.16. The molecule has 1 aliphatic carbocycles. The molecule has 0 radical (unpaired) electrons. The van der Waals surface area contributed by atoms with Crippen LogP contribution in [0, 0.1) is 0 Å². The third kappa shape index (κ3) is 3.48. The molecule has 0 bridgehead atoms. The van der Waals surface area contributed by atoms with Gasteiger partial charge >= 0.3 is 0 Å². The standard InChI is InChI=1S/C12H24OS2/c1-10(2)14-12(15(13)11(3)4)8-6-5-7-9-12/h10-11H,5-9H2,1-4H3. The van der Waals surface area contributed by atoms with Crippen molar-refractivity contribution in [2.45, 2.75) is 74.4 Å². The Morgan fingerprint density at radius 1 is 1.07 bits per heavy atom. The molecule has 15 heavy (non-hydrogen) atoms. The number of hydrogen-bond donors (Lipinski definition) is 0. The first kappa shape index (κ1) is 13.6. The summed E-state index contributed by atoms with van der Waals surface area (Å²) in [4.78, 5) is 0. The monoisotopic (exact) mass is 248 g/mol. The molecule has 1 nitrogen and oxygen atoms in total. The van der Waals surface area contributed by atoms with Gasteiger partial charge in [0, 0.05) is 21.3 Å². The van der Waals surface area contributed by atoms with Crippen molar-refractivity contribution in [3.8, 4) is 0 Å². The Morgan fingerprint density at radius 2 is 1.60 bits per heavy atom. The van der Waals surface area contributed by atoms with Gasteiger partial charge in [-0.25, -0.2) is 0 Å². The Balaban J connectivity index is 2.79. The molecule has 3 heteroatoms. The highest BCUT2D eigenvalue weighted by Crippen LogP contribution is 2.45. The number of hydrogen-bond acceptors (Lipinski definition) is 2. The molecule has 0 spiro atoms. The average Bonchev–Trinajstić information content (AvgIpc) is 2.16. The van der Waals surface area contributed by atoms with Crippen LogP contribution in [0.15, 0.2) is 0 Å². The van der Waals surface area contributed by atoms with Crippen molar-refractivity contribution in [1.82, 2.24) is 0 Å². The predicted octanol–water partition coefficient (Wildman–Crippen LogP) is 3.95. The van der Waals surface area contributed by atoms with Crippen LogP contribution in [0.2, 0.25) is 0 Å². The molecule has 0 heterocycles. The maximum atomic E-state index is 12.4. The summed E-state index contributed by atoms with van der Waals surface area (Å²) >= 11 is 1.96. The molecule has 1 saturated carbocycles. The summed E-state index contributed by atoms with van der Waals surface area (Å²) in [7, 11) is -0.674. The first-order valence-corrected chi connectivity index (χ1v) is 8.16. The van der Waals surface area contributed by atoms with E-state index in [0.29, 0.717) is 10.5 Å². The summed E-state index contributed by atoms with van der Waals surface area (Å²) in [5.74, 6) is 0. The molecule has 1 aliphatic rings. The Kier molecular flexibility index (Phi) is 5.17. The molecule has 0 N–H and O–H groups in total. The molecular formula is C12H24OS2. The molecule has 0 amide bonds. The summed E-state index contributed by atoms with van der Waals surface area (Å²) in [6, 6.07) is 0.